The minimum atomic E-state index is 0.202. The fourth-order valence-electron chi connectivity index (χ4n) is 2.66. The van der Waals surface area contributed by atoms with Crippen molar-refractivity contribution >= 4 is 0 Å². The quantitative estimate of drug-likeness (QED) is 0.766. The standard InChI is InChI=1S/C17H28N2O/c1-13(2)20-16-8-4-7-15(11-16)17(12-18)19-10-9-14-5-3-6-14/h4,7-8,11,13-14,17,19H,3,5-6,9-10,12,18H2,1-2H3. The van der Waals surface area contributed by atoms with Crippen LogP contribution in [0.2, 0.25) is 0 Å². The minimum Gasteiger partial charge on any atom is -0.491 e. The summed E-state index contributed by atoms with van der Waals surface area (Å²) in [6.07, 6.45) is 5.71. The summed E-state index contributed by atoms with van der Waals surface area (Å²) in [6.45, 7) is 5.77. The van der Waals surface area contributed by atoms with Crippen molar-refractivity contribution in [2.24, 2.45) is 11.7 Å². The second-order valence-electron chi connectivity index (χ2n) is 6.07. The molecule has 0 aliphatic heterocycles. The van der Waals surface area contributed by atoms with E-state index in [1.807, 2.05) is 26.0 Å². The Morgan fingerprint density at radius 3 is 2.75 bits per heavy atom. The van der Waals surface area contributed by atoms with Gasteiger partial charge < -0.3 is 15.8 Å². The summed E-state index contributed by atoms with van der Waals surface area (Å²) in [5.41, 5.74) is 7.14. The molecule has 1 atom stereocenters. The number of nitrogens with one attached hydrogen (secondary N) is 1. The smallest absolute Gasteiger partial charge is 0.120 e. The predicted octanol–water partition coefficient (Wildman–Crippen LogP) is 3.25. The van der Waals surface area contributed by atoms with E-state index in [-0.39, 0.29) is 12.1 Å². The number of nitrogens with two attached hydrogens (primary N) is 1. The summed E-state index contributed by atoms with van der Waals surface area (Å²) >= 11 is 0. The van der Waals surface area contributed by atoms with Crippen LogP contribution in [-0.2, 0) is 0 Å². The van der Waals surface area contributed by atoms with Crippen molar-refractivity contribution in [1.82, 2.24) is 5.32 Å². The molecule has 1 aromatic rings. The predicted molar refractivity (Wildman–Crippen MR) is 84.0 cm³/mol. The van der Waals surface area contributed by atoms with Gasteiger partial charge in [-0.25, -0.2) is 0 Å². The average molecular weight is 276 g/mol. The maximum atomic E-state index is 5.92. The fourth-order valence-corrected chi connectivity index (χ4v) is 2.66. The van der Waals surface area contributed by atoms with E-state index < -0.39 is 0 Å². The Bertz CT molecular complexity index is 402. The summed E-state index contributed by atoms with van der Waals surface area (Å²) < 4.78 is 5.75. The van der Waals surface area contributed by atoms with Crippen LogP contribution in [0.15, 0.2) is 24.3 Å². The van der Waals surface area contributed by atoms with E-state index in [1.54, 1.807) is 0 Å². The molecule has 1 unspecified atom stereocenters. The van der Waals surface area contributed by atoms with Gasteiger partial charge in [0.05, 0.1) is 6.10 Å². The molecule has 0 amide bonds. The third kappa shape index (κ3) is 4.50. The second kappa shape index (κ2) is 7.65. The summed E-state index contributed by atoms with van der Waals surface area (Å²) in [5, 5.41) is 3.58. The van der Waals surface area contributed by atoms with Crippen LogP contribution in [0.3, 0.4) is 0 Å². The first-order valence-electron chi connectivity index (χ1n) is 7.89. The summed E-state index contributed by atoms with van der Waals surface area (Å²) in [4.78, 5) is 0. The molecule has 3 N–H and O–H groups in total. The van der Waals surface area contributed by atoms with Gasteiger partial charge in [0.15, 0.2) is 0 Å². The Morgan fingerprint density at radius 2 is 2.15 bits per heavy atom. The zero-order chi connectivity index (χ0) is 14.4. The van der Waals surface area contributed by atoms with Crippen molar-refractivity contribution in [1.29, 1.82) is 0 Å². The third-order valence-corrected chi connectivity index (χ3v) is 4.04. The molecule has 1 saturated carbocycles. The Kier molecular flexibility index (Phi) is 5.86. The normalized spacial score (nSPS) is 17.0. The molecular formula is C17H28N2O. The van der Waals surface area contributed by atoms with Crippen molar-refractivity contribution in [2.75, 3.05) is 13.1 Å². The second-order valence-corrected chi connectivity index (χ2v) is 6.07. The van der Waals surface area contributed by atoms with E-state index in [4.69, 9.17) is 10.5 Å². The van der Waals surface area contributed by atoms with E-state index in [2.05, 4.69) is 17.4 Å². The zero-order valence-corrected chi connectivity index (χ0v) is 12.8. The highest BCUT2D eigenvalue weighted by atomic mass is 16.5. The van der Waals surface area contributed by atoms with Crippen molar-refractivity contribution in [3.05, 3.63) is 29.8 Å². The third-order valence-electron chi connectivity index (χ3n) is 4.04. The van der Waals surface area contributed by atoms with Crippen LogP contribution in [-0.4, -0.2) is 19.2 Å². The zero-order valence-electron chi connectivity index (χ0n) is 12.8. The van der Waals surface area contributed by atoms with Gasteiger partial charge in [-0.2, -0.15) is 0 Å². The molecule has 20 heavy (non-hydrogen) atoms. The molecule has 0 bridgehead atoms. The van der Waals surface area contributed by atoms with Crippen LogP contribution >= 0.6 is 0 Å². The average Bonchev–Trinajstić information content (AvgIpc) is 2.36. The Morgan fingerprint density at radius 1 is 1.35 bits per heavy atom. The molecule has 1 aliphatic rings. The van der Waals surface area contributed by atoms with Crippen molar-refractivity contribution < 1.29 is 4.74 Å². The van der Waals surface area contributed by atoms with Crippen LogP contribution in [0.25, 0.3) is 0 Å². The molecule has 1 aliphatic carbocycles. The molecule has 112 valence electrons. The number of hydrogen-bond donors (Lipinski definition) is 2. The van der Waals surface area contributed by atoms with Crippen LogP contribution in [0.5, 0.6) is 5.75 Å². The van der Waals surface area contributed by atoms with Gasteiger partial charge in [0.2, 0.25) is 0 Å². The van der Waals surface area contributed by atoms with Crippen molar-refractivity contribution in [2.45, 2.75) is 51.7 Å². The maximum Gasteiger partial charge on any atom is 0.120 e. The lowest BCUT2D eigenvalue weighted by atomic mass is 9.83. The van der Waals surface area contributed by atoms with Crippen LogP contribution in [0, 0.1) is 5.92 Å². The Hall–Kier alpha value is -1.06. The number of ether oxygens (including phenoxy) is 1. The molecule has 0 aromatic heterocycles. The minimum absolute atomic E-state index is 0.202. The van der Waals surface area contributed by atoms with Gasteiger partial charge in [0, 0.05) is 12.6 Å². The SMILES string of the molecule is CC(C)Oc1cccc(C(CN)NCCC2CCC2)c1. The number of hydrogen-bond acceptors (Lipinski definition) is 3. The molecule has 3 heteroatoms. The van der Waals surface area contributed by atoms with E-state index in [0.717, 1.165) is 18.2 Å². The Labute approximate surface area is 122 Å². The first kappa shape index (κ1) is 15.3. The van der Waals surface area contributed by atoms with Gasteiger partial charge in [0.1, 0.15) is 5.75 Å². The van der Waals surface area contributed by atoms with Crippen molar-refractivity contribution in [3.8, 4) is 5.75 Å². The molecular weight excluding hydrogens is 248 g/mol. The summed E-state index contributed by atoms with van der Waals surface area (Å²) in [5.74, 6) is 1.87. The van der Waals surface area contributed by atoms with Crippen LogP contribution in [0.4, 0.5) is 0 Å². The van der Waals surface area contributed by atoms with Crippen LogP contribution in [0.1, 0.15) is 51.1 Å². The molecule has 3 nitrogen and oxygen atoms in total. The van der Waals surface area contributed by atoms with Crippen LogP contribution < -0.4 is 15.8 Å². The number of rotatable bonds is 8. The van der Waals surface area contributed by atoms with Crippen molar-refractivity contribution in [3.63, 3.8) is 0 Å². The molecule has 0 radical (unpaired) electrons. The lowest BCUT2D eigenvalue weighted by Gasteiger charge is -2.26. The van der Waals surface area contributed by atoms with Gasteiger partial charge in [0.25, 0.3) is 0 Å². The fraction of sp³-hybridized carbons (Fsp3) is 0.647. The highest BCUT2D eigenvalue weighted by molar-refractivity contribution is 5.31. The summed E-state index contributed by atoms with van der Waals surface area (Å²) in [7, 11) is 0. The highest BCUT2D eigenvalue weighted by Crippen LogP contribution is 2.29. The molecule has 2 rings (SSSR count). The molecule has 1 aromatic carbocycles. The lowest BCUT2D eigenvalue weighted by molar-refractivity contribution is 0.242. The maximum absolute atomic E-state index is 5.92. The molecule has 0 saturated heterocycles. The van der Waals surface area contributed by atoms with Gasteiger partial charge in [-0.1, -0.05) is 31.4 Å². The Balaban J connectivity index is 1.88. The molecule has 0 heterocycles. The monoisotopic (exact) mass is 276 g/mol. The number of benzene rings is 1. The topological polar surface area (TPSA) is 47.3 Å². The highest BCUT2D eigenvalue weighted by Gasteiger charge is 2.17. The van der Waals surface area contributed by atoms with Gasteiger partial charge in [-0.3, -0.25) is 0 Å². The molecule has 1 fully saturated rings. The van der Waals surface area contributed by atoms with E-state index in [0.29, 0.717) is 6.54 Å². The lowest BCUT2D eigenvalue weighted by Crippen LogP contribution is -2.30. The summed E-state index contributed by atoms with van der Waals surface area (Å²) in [6, 6.07) is 8.51. The van der Waals surface area contributed by atoms with Gasteiger partial charge in [-0.05, 0) is 50.4 Å². The first-order valence-corrected chi connectivity index (χ1v) is 7.89. The van der Waals surface area contributed by atoms with E-state index in [1.165, 1.54) is 31.2 Å². The van der Waals surface area contributed by atoms with E-state index in [9.17, 15) is 0 Å². The first-order chi connectivity index (χ1) is 9.69. The van der Waals surface area contributed by atoms with E-state index >= 15 is 0 Å². The largest absolute Gasteiger partial charge is 0.491 e. The van der Waals surface area contributed by atoms with Gasteiger partial charge in [-0.15, -0.1) is 0 Å². The van der Waals surface area contributed by atoms with Gasteiger partial charge >= 0.3 is 0 Å². The molecule has 0 spiro atoms.